The molecule has 0 aliphatic heterocycles. The van der Waals surface area contributed by atoms with Gasteiger partial charge in [0.15, 0.2) is 5.16 Å². The molecule has 0 aliphatic carbocycles. The largest absolute Gasteiger partial charge is 0.327 e. The van der Waals surface area contributed by atoms with E-state index in [1.165, 1.54) is 11.8 Å². The number of rotatable bonds is 5. The van der Waals surface area contributed by atoms with Crippen molar-refractivity contribution in [3.8, 4) is 0 Å². The van der Waals surface area contributed by atoms with Crippen LogP contribution < -0.4 is 5.73 Å². The molecule has 0 radical (unpaired) electrons. The number of nitrogens with two attached hydrogens (primary N) is 1. The van der Waals surface area contributed by atoms with Crippen LogP contribution in [-0.2, 0) is 6.42 Å². The Bertz CT molecular complexity index is 533. The zero-order valence-electron chi connectivity index (χ0n) is 10.7. The van der Waals surface area contributed by atoms with E-state index in [-0.39, 0.29) is 6.04 Å². The van der Waals surface area contributed by atoms with Gasteiger partial charge in [-0.05, 0) is 42.3 Å². The molecule has 0 saturated carbocycles. The van der Waals surface area contributed by atoms with Gasteiger partial charge in [-0.15, -0.1) is 0 Å². The van der Waals surface area contributed by atoms with Gasteiger partial charge in [0.2, 0.25) is 0 Å². The zero-order chi connectivity index (χ0) is 13.7. The van der Waals surface area contributed by atoms with E-state index >= 15 is 0 Å². The summed E-state index contributed by atoms with van der Waals surface area (Å²) in [5, 5.41) is 1.42. The van der Waals surface area contributed by atoms with Crippen LogP contribution in [0.2, 0.25) is 5.02 Å². The monoisotopic (exact) mass is 293 g/mol. The second kappa shape index (κ2) is 6.89. The number of benzene rings is 1. The fourth-order valence-electron chi connectivity index (χ4n) is 1.68. The van der Waals surface area contributed by atoms with Gasteiger partial charge in [-0.25, -0.2) is 9.97 Å². The van der Waals surface area contributed by atoms with Crippen LogP contribution in [0.1, 0.15) is 18.9 Å². The Morgan fingerprint density at radius 2 is 2.00 bits per heavy atom. The summed E-state index contributed by atoms with van der Waals surface area (Å²) in [6.07, 6.45) is 5.21. The van der Waals surface area contributed by atoms with E-state index in [9.17, 15) is 0 Å². The number of hydrogen-bond acceptors (Lipinski definition) is 4. The van der Waals surface area contributed by atoms with Gasteiger partial charge in [0.05, 0.1) is 5.02 Å². The highest BCUT2D eigenvalue weighted by Crippen LogP contribution is 2.34. The molecule has 0 fully saturated rings. The standard InChI is InChI=1S/C14H16ClN3S/c1-2-11(16)9-10-5-3-6-12(15)13(10)19-14-17-7-4-8-18-14/h3-8,11H,2,9,16H2,1H3. The lowest BCUT2D eigenvalue weighted by molar-refractivity contribution is 0.641. The fraction of sp³-hybridized carbons (Fsp3) is 0.286. The molecule has 0 spiro atoms. The van der Waals surface area contributed by atoms with E-state index in [0.29, 0.717) is 5.16 Å². The Morgan fingerprint density at radius 1 is 1.26 bits per heavy atom. The summed E-state index contributed by atoms with van der Waals surface area (Å²) in [6.45, 7) is 2.09. The Kier molecular flexibility index (Phi) is 5.19. The molecule has 2 rings (SSSR count). The number of nitrogens with zero attached hydrogens (tertiary/aromatic N) is 2. The van der Waals surface area contributed by atoms with Crippen molar-refractivity contribution in [1.82, 2.24) is 9.97 Å². The maximum atomic E-state index is 6.29. The summed E-state index contributed by atoms with van der Waals surface area (Å²) in [5.74, 6) is 0. The van der Waals surface area contributed by atoms with Crippen molar-refractivity contribution in [3.05, 3.63) is 47.2 Å². The summed E-state index contributed by atoms with van der Waals surface area (Å²) in [5.41, 5.74) is 7.19. The van der Waals surface area contributed by atoms with E-state index in [4.69, 9.17) is 17.3 Å². The molecule has 1 heterocycles. The molecule has 100 valence electrons. The van der Waals surface area contributed by atoms with Gasteiger partial charge < -0.3 is 5.73 Å². The van der Waals surface area contributed by atoms with E-state index in [2.05, 4.69) is 23.0 Å². The second-order valence-electron chi connectivity index (χ2n) is 4.23. The lowest BCUT2D eigenvalue weighted by atomic mass is 10.0. The van der Waals surface area contributed by atoms with Crippen LogP contribution in [0.5, 0.6) is 0 Å². The summed E-state index contributed by atoms with van der Waals surface area (Å²) in [7, 11) is 0. The van der Waals surface area contributed by atoms with Gasteiger partial charge in [0, 0.05) is 23.3 Å². The molecular formula is C14H16ClN3S. The first kappa shape index (κ1) is 14.3. The topological polar surface area (TPSA) is 51.8 Å². The Hall–Kier alpha value is -1.10. The second-order valence-corrected chi connectivity index (χ2v) is 5.62. The quantitative estimate of drug-likeness (QED) is 0.857. The van der Waals surface area contributed by atoms with Gasteiger partial charge in [-0.2, -0.15) is 0 Å². The van der Waals surface area contributed by atoms with Crippen molar-refractivity contribution in [2.45, 2.75) is 35.9 Å². The molecule has 0 amide bonds. The van der Waals surface area contributed by atoms with Crippen molar-refractivity contribution in [3.63, 3.8) is 0 Å². The summed E-state index contributed by atoms with van der Waals surface area (Å²) in [4.78, 5) is 9.43. The molecule has 0 aliphatic rings. The van der Waals surface area contributed by atoms with Crippen LogP contribution in [-0.4, -0.2) is 16.0 Å². The zero-order valence-corrected chi connectivity index (χ0v) is 12.3. The predicted molar refractivity (Wildman–Crippen MR) is 79.6 cm³/mol. The third-order valence-electron chi connectivity index (χ3n) is 2.79. The van der Waals surface area contributed by atoms with Crippen molar-refractivity contribution < 1.29 is 0 Å². The van der Waals surface area contributed by atoms with Gasteiger partial charge in [0.25, 0.3) is 0 Å². The van der Waals surface area contributed by atoms with Crippen LogP contribution in [0.25, 0.3) is 0 Å². The molecule has 1 aromatic heterocycles. The summed E-state index contributed by atoms with van der Waals surface area (Å²) >= 11 is 7.77. The molecule has 1 aromatic carbocycles. The van der Waals surface area contributed by atoms with Crippen molar-refractivity contribution in [1.29, 1.82) is 0 Å². The maximum absolute atomic E-state index is 6.29. The molecule has 3 nitrogen and oxygen atoms in total. The third kappa shape index (κ3) is 3.93. The van der Waals surface area contributed by atoms with Crippen LogP contribution in [0, 0.1) is 0 Å². The van der Waals surface area contributed by atoms with Crippen LogP contribution in [0.15, 0.2) is 46.7 Å². The van der Waals surface area contributed by atoms with E-state index < -0.39 is 0 Å². The molecular weight excluding hydrogens is 278 g/mol. The molecule has 2 N–H and O–H groups in total. The average molecular weight is 294 g/mol. The molecule has 2 aromatic rings. The van der Waals surface area contributed by atoms with E-state index in [0.717, 1.165) is 28.3 Å². The lowest BCUT2D eigenvalue weighted by Crippen LogP contribution is -2.21. The molecule has 1 atom stereocenters. The minimum absolute atomic E-state index is 0.148. The summed E-state index contributed by atoms with van der Waals surface area (Å²) < 4.78 is 0. The molecule has 0 saturated heterocycles. The Morgan fingerprint density at radius 3 is 2.68 bits per heavy atom. The van der Waals surface area contributed by atoms with Gasteiger partial charge in [-0.1, -0.05) is 30.7 Å². The highest BCUT2D eigenvalue weighted by molar-refractivity contribution is 7.99. The number of hydrogen-bond donors (Lipinski definition) is 1. The predicted octanol–water partition coefficient (Wildman–Crippen LogP) is 3.56. The van der Waals surface area contributed by atoms with E-state index in [1.54, 1.807) is 18.5 Å². The number of aromatic nitrogens is 2. The molecule has 0 bridgehead atoms. The minimum atomic E-state index is 0.148. The van der Waals surface area contributed by atoms with Gasteiger partial charge in [-0.3, -0.25) is 0 Å². The average Bonchev–Trinajstić information content (AvgIpc) is 2.43. The fourth-order valence-corrected chi connectivity index (χ4v) is 2.85. The summed E-state index contributed by atoms with van der Waals surface area (Å²) in [6, 6.07) is 7.84. The van der Waals surface area contributed by atoms with Crippen molar-refractivity contribution in [2.75, 3.05) is 0 Å². The first-order valence-corrected chi connectivity index (χ1v) is 7.38. The number of halogens is 1. The SMILES string of the molecule is CCC(N)Cc1cccc(Cl)c1Sc1ncccn1. The maximum Gasteiger partial charge on any atom is 0.192 e. The Labute approximate surface area is 122 Å². The van der Waals surface area contributed by atoms with Crippen molar-refractivity contribution >= 4 is 23.4 Å². The first-order chi connectivity index (χ1) is 9.20. The minimum Gasteiger partial charge on any atom is -0.327 e. The van der Waals surface area contributed by atoms with Crippen LogP contribution in [0.4, 0.5) is 0 Å². The Balaban J connectivity index is 2.27. The smallest absolute Gasteiger partial charge is 0.192 e. The third-order valence-corrected chi connectivity index (χ3v) is 4.30. The lowest BCUT2D eigenvalue weighted by Gasteiger charge is -2.13. The first-order valence-electron chi connectivity index (χ1n) is 6.18. The normalized spacial score (nSPS) is 12.4. The molecule has 1 unspecified atom stereocenters. The van der Waals surface area contributed by atoms with Crippen LogP contribution >= 0.6 is 23.4 Å². The van der Waals surface area contributed by atoms with Crippen molar-refractivity contribution in [2.24, 2.45) is 5.73 Å². The van der Waals surface area contributed by atoms with Gasteiger partial charge >= 0.3 is 0 Å². The molecule has 19 heavy (non-hydrogen) atoms. The molecule has 5 heteroatoms. The van der Waals surface area contributed by atoms with E-state index in [1.807, 2.05) is 12.1 Å². The van der Waals surface area contributed by atoms with Crippen LogP contribution in [0.3, 0.4) is 0 Å². The highest BCUT2D eigenvalue weighted by Gasteiger charge is 2.12. The van der Waals surface area contributed by atoms with Gasteiger partial charge in [0.1, 0.15) is 0 Å². The highest BCUT2D eigenvalue weighted by atomic mass is 35.5.